The molecule has 0 heterocycles. The van der Waals surface area contributed by atoms with Gasteiger partial charge in [0.2, 0.25) is 5.39 Å². The van der Waals surface area contributed by atoms with Gasteiger partial charge in [-0.2, -0.15) is 14.5 Å². The molecular weight excluding hydrogens is 337 g/mol. The van der Waals surface area contributed by atoms with E-state index in [4.69, 9.17) is 14.5 Å². The zero-order valence-electron chi connectivity index (χ0n) is 16.1. The number of quaternary nitrogens is 1. The molecule has 0 fully saturated rings. The highest BCUT2D eigenvalue weighted by atomic mass is 17.2. The van der Waals surface area contributed by atoms with Gasteiger partial charge in [0.1, 0.15) is 0 Å². The predicted octanol–water partition coefficient (Wildman–Crippen LogP) is 1.39. The molecule has 0 atom stereocenters. The van der Waals surface area contributed by atoms with Crippen molar-refractivity contribution < 1.29 is 34.3 Å². The molecule has 26 heavy (non-hydrogen) atoms. The zero-order valence-corrected chi connectivity index (χ0v) is 16.1. The van der Waals surface area contributed by atoms with Gasteiger partial charge in [0.25, 0.3) is 0 Å². The molecular formula is C18H38BNO6. The quantitative estimate of drug-likeness (QED) is 0.365. The highest BCUT2D eigenvalue weighted by Crippen LogP contribution is 2.14. The number of hydrogen-bond donors (Lipinski definition) is 1. The van der Waals surface area contributed by atoms with Crippen LogP contribution in [0.25, 0.3) is 0 Å². The minimum absolute atomic E-state index is 0. The van der Waals surface area contributed by atoms with Crippen molar-refractivity contribution in [3.63, 3.8) is 0 Å². The SMILES string of the molecule is CCCCC(=O)O[NH+](OC(=O)CCCC)OC(=O)C(CCC)CCC.[BH4-]. The molecule has 0 spiro atoms. The molecule has 0 aromatic carbocycles. The standard InChI is InChI=1S/C18H34NO6.BH4/c1-5-9-13-16(20)23-19(24-17(21)14-10-6-2)25-18(22)15(11-7-3)12-8-4;/h15,19H,5-14H2,1-4H3;1H4/q+1;-1. The van der Waals surface area contributed by atoms with Crippen LogP contribution < -0.4 is 5.39 Å². The summed E-state index contributed by atoms with van der Waals surface area (Å²) in [6.07, 6.45) is 6.33. The Morgan fingerprint density at radius 3 is 1.50 bits per heavy atom. The number of nitrogens with one attached hydrogen (secondary N) is 1. The van der Waals surface area contributed by atoms with Crippen LogP contribution in [0.15, 0.2) is 0 Å². The lowest BCUT2D eigenvalue weighted by Gasteiger charge is -2.16. The van der Waals surface area contributed by atoms with Crippen molar-refractivity contribution >= 4 is 26.3 Å². The molecule has 0 aromatic rings. The van der Waals surface area contributed by atoms with Crippen LogP contribution in [0.3, 0.4) is 0 Å². The number of unbranched alkanes of at least 4 members (excludes halogenated alkanes) is 2. The lowest BCUT2D eigenvalue weighted by molar-refractivity contribution is -1.34. The number of carbonyl (C=O) groups is 3. The third kappa shape index (κ3) is 12.7. The van der Waals surface area contributed by atoms with E-state index < -0.39 is 23.3 Å². The normalized spacial score (nSPS) is 10.4. The molecule has 7 nitrogen and oxygen atoms in total. The fraction of sp³-hybridized carbons (Fsp3) is 0.833. The second-order valence-electron chi connectivity index (χ2n) is 6.10. The van der Waals surface area contributed by atoms with Crippen LogP contribution in [0.5, 0.6) is 0 Å². The van der Waals surface area contributed by atoms with Crippen LogP contribution in [0.2, 0.25) is 0 Å². The summed E-state index contributed by atoms with van der Waals surface area (Å²) in [4.78, 5) is 50.9. The van der Waals surface area contributed by atoms with E-state index in [9.17, 15) is 14.4 Å². The van der Waals surface area contributed by atoms with E-state index in [1.165, 1.54) is 0 Å². The van der Waals surface area contributed by atoms with Gasteiger partial charge in [0.15, 0.2) is 0 Å². The van der Waals surface area contributed by atoms with Gasteiger partial charge in [-0.05, 0) is 25.7 Å². The van der Waals surface area contributed by atoms with Crippen molar-refractivity contribution in [3.05, 3.63) is 0 Å². The summed E-state index contributed by atoms with van der Waals surface area (Å²) in [5, 5.41) is -0.649. The second-order valence-corrected chi connectivity index (χ2v) is 6.10. The smallest absolute Gasteiger partial charge is 0.245 e. The highest BCUT2D eigenvalue weighted by molar-refractivity contribution is 5.75. The van der Waals surface area contributed by atoms with Crippen LogP contribution in [0.4, 0.5) is 0 Å². The molecule has 0 aliphatic rings. The van der Waals surface area contributed by atoms with E-state index in [1.54, 1.807) is 0 Å². The van der Waals surface area contributed by atoms with Crippen LogP contribution in [-0.2, 0) is 28.9 Å². The second kappa shape index (κ2) is 16.9. The Kier molecular flexibility index (Phi) is 17.3. The Morgan fingerprint density at radius 2 is 1.15 bits per heavy atom. The Labute approximate surface area is 159 Å². The van der Waals surface area contributed by atoms with Crippen LogP contribution in [-0.4, -0.2) is 26.3 Å². The number of rotatable bonds is 14. The van der Waals surface area contributed by atoms with E-state index in [1.807, 2.05) is 27.7 Å². The molecule has 0 unspecified atom stereocenters. The van der Waals surface area contributed by atoms with Crippen molar-refractivity contribution in [3.8, 4) is 0 Å². The zero-order chi connectivity index (χ0) is 19.1. The first-order valence-corrected chi connectivity index (χ1v) is 9.48. The van der Waals surface area contributed by atoms with Crippen molar-refractivity contribution in [1.29, 1.82) is 0 Å². The summed E-state index contributed by atoms with van der Waals surface area (Å²) < 4.78 is 0. The molecule has 154 valence electrons. The van der Waals surface area contributed by atoms with Gasteiger partial charge in [-0.25, -0.2) is 14.4 Å². The van der Waals surface area contributed by atoms with Gasteiger partial charge >= 0.3 is 17.9 Å². The van der Waals surface area contributed by atoms with Crippen LogP contribution in [0, 0.1) is 5.92 Å². The van der Waals surface area contributed by atoms with E-state index in [0.717, 1.165) is 25.7 Å². The maximum absolute atomic E-state index is 12.3. The third-order valence-electron chi connectivity index (χ3n) is 3.65. The molecule has 0 aliphatic heterocycles. The third-order valence-corrected chi connectivity index (χ3v) is 3.65. The molecule has 0 radical (unpaired) electrons. The van der Waals surface area contributed by atoms with E-state index in [2.05, 4.69) is 0 Å². The molecule has 1 N–H and O–H groups in total. The van der Waals surface area contributed by atoms with Crippen molar-refractivity contribution in [2.45, 2.75) is 91.9 Å². The maximum Gasteiger partial charge on any atom is 0.381 e. The molecule has 0 rings (SSSR count). The first-order valence-electron chi connectivity index (χ1n) is 9.48. The predicted molar refractivity (Wildman–Crippen MR) is 103 cm³/mol. The first kappa shape index (κ1) is 26.7. The molecule has 0 aromatic heterocycles. The molecule has 8 heteroatoms. The summed E-state index contributed by atoms with van der Waals surface area (Å²) in [5.41, 5.74) is 0. The van der Waals surface area contributed by atoms with Crippen LogP contribution >= 0.6 is 0 Å². The van der Waals surface area contributed by atoms with Gasteiger partial charge in [-0.1, -0.05) is 61.8 Å². The van der Waals surface area contributed by atoms with Crippen molar-refractivity contribution in [1.82, 2.24) is 0 Å². The molecule has 0 aliphatic carbocycles. The average molecular weight is 375 g/mol. The minimum atomic E-state index is -0.649. The van der Waals surface area contributed by atoms with Crippen molar-refractivity contribution in [2.75, 3.05) is 0 Å². The van der Waals surface area contributed by atoms with E-state index >= 15 is 0 Å². The maximum atomic E-state index is 12.3. The first-order chi connectivity index (χ1) is 12.0. The summed E-state index contributed by atoms with van der Waals surface area (Å²) >= 11 is 0. The van der Waals surface area contributed by atoms with Crippen molar-refractivity contribution in [2.24, 2.45) is 5.92 Å². The fourth-order valence-corrected chi connectivity index (χ4v) is 2.24. The summed E-state index contributed by atoms with van der Waals surface area (Å²) in [6, 6.07) is 0. The summed E-state index contributed by atoms with van der Waals surface area (Å²) in [6.45, 7) is 7.86. The van der Waals surface area contributed by atoms with E-state index in [0.29, 0.717) is 25.7 Å². The van der Waals surface area contributed by atoms with Gasteiger partial charge in [-0.15, -0.1) is 0 Å². The van der Waals surface area contributed by atoms with Gasteiger partial charge in [0.05, 0.1) is 18.8 Å². The Balaban J connectivity index is 0. The number of hydrogen-bond acceptors (Lipinski definition) is 6. The molecule has 0 saturated heterocycles. The highest BCUT2D eigenvalue weighted by Gasteiger charge is 2.30. The van der Waals surface area contributed by atoms with Gasteiger partial charge in [0, 0.05) is 0 Å². The summed E-state index contributed by atoms with van der Waals surface area (Å²) in [5.74, 6) is -1.97. The largest absolute Gasteiger partial charge is 0.381 e. The van der Waals surface area contributed by atoms with Crippen LogP contribution in [0.1, 0.15) is 91.9 Å². The van der Waals surface area contributed by atoms with E-state index in [-0.39, 0.29) is 27.2 Å². The fourth-order valence-electron chi connectivity index (χ4n) is 2.24. The number of carbonyl (C=O) groups excluding carboxylic acids is 3. The topological polar surface area (TPSA) is 83.3 Å². The Morgan fingerprint density at radius 1 is 0.731 bits per heavy atom. The summed E-state index contributed by atoms with van der Waals surface area (Å²) in [7, 11) is 0. The van der Waals surface area contributed by atoms with Gasteiger partial charge < -0.3 is 0 Å². The Bertz CT molecular complexity index is 377. The molecule has 0 amide bonds. The minimum Gasteiger partial charge on any atom is -0.245 e. The van der Waals surface area contributed by atoms with Gasteiger partial charge in [-0.3, -0.25) is 0 Å². The lowest BCUT2D eigenvalue weighted by Crippen LogP contribution is -3.10. The Hall–Kier alpha value is -1.57. The molecule has 0 bridgehead atoms. The monoisotopic (exact) mass is 375 g/mol. The molecule has 0 saturated carbocycles. The lowest BCUT2D eigenvalue weighted by atomic mass is 9.99. The average Bonchev–Trinajstić information content (AvgIpc) is 2.57.